The lowest BCUT2D eigenvalue weighted by molar-refractivity contribution is 1.04. The summed E-state index contributed by atoms with van der Waals surface area (Å²) in [5.74, 6) is 0.0720. The number of hydrogen-bond donors (Lipinski definition) is 0. The summed E-state index contributed by atoms with van der Waals surface area (Å²) in [4.78, 5) is 0. The Morgan fingerprint density at radius 2 is 1.12 bits per heavy atom. The van der Waals surface area contributed by atoms with Crippen molar-refractivity contribution in [1.29, 1.82) is 0 Å². The van der Waals surface area contributed by atoms with Gasteiger partial charge in [-0.25, -0.2) is 0 Å². The first-order valence-electron chi connectivity index (χ1n) is 14.2. The number of benzene rings is 6. The topological polar surface area (TPSA) is 0 Å². The van der Waals surface area contributed by atoms with E-state index >= 15 is 0 Å². The minimum Gasteiger partial charge on any atom is -0.0622 e. The molecule has 0 fully saturated rings. The zero-order valence-electron chi connectivity index (χ0n) is 22.6. The predicted octanol–water partition coefficient (Wildman–Crippen LogP) is 7.93. The second-order valence-electron chi connectivity index (χ2n) is 10.8. The summed E-state index contributed by atoms with van der Waals surface area (Å²) in [5, 5.41) is 4.94. The van der Waals surface area contributed by atoms with E-state index in [0.29, 0.717) is 0 Å². The van der Waals surface area contributed by atoms with Crippen LogP contribution >= 0.6 is 0 Å². The van der Waals surface area contributed by atoms with E-state index in [4.69, 9.17) is 0 Å². The average Bonchev–Trinajstić information content (AvgIpc) is 3.61. The van der Waals surface area contributed by atoms with Gasteiger partial charge in [0, 0.05) is 5.92 Å². The first kappa shape index (κ1) is 23.7. The maximum absolute atomic E-state index is 3.88. The molecule has 6 aromatic rings. The Kier molecular flexibility index (Phi) is 5.64. The molecule has 0 saturated heterocycles. The third kappa shape index (κ3) is 3.91. The van der Waals surface area contributed by atoms with Crippen molar-refractivity contribution in [2.24, 2.45) is 0 Å². The highest BCUT2D eigenvalue weighted by Crippen LogP contribution is 2.46. The summed E-state index contributed by atoms with van der Waals surface area (Å²) in [5.41, 5.74) is 11.4. The quantitative estimate of drug-likeness (QED) is 0.222. The van der Waals surface area contributed by atoms with Crippen LogP contribution in [0.4, 0.5) is 0 Å². The summed E-state index contributed by atoms with van der Waals surface area (Å²) in [7, 11) is 0. The number of rotatable bonds is 4. The van der Waals surface area contributed by atoms with Gasteiger partial charge in [-0.3, -0.25) is 0 Å². The maximum Gasteiger partial charge on any atom is 0.0364 e. The second kappa shape index (κ2) is 9.77. The molecular weight excluding hydrogens is 492 g/mol. The summed E-state index contributed by atoms with van der Waals surface area (Å²) in [6.07, 6.45) is 6.28. The molecule has 1 radical (unpaired) electrons. The molecule has 0 N–H and O–H groups in total. The van der Waals surface area contributed by atoms with Gasteiger partial charge < -0.3 is 0 Å². The fourth-order valence-electron chi connectivity index (χ4n) is 6.66. The van der Waals surface area contributed by atoms with Gasteiger partial charge >= 0.3 is 0 Å². The van der Waals surface area contributed by atoms with Crippen LogP contribution in [-0.2, 0) is 0 Å². The summed E-state index contributed by atoms with van der Waals surface area (Å²) in [6, 6.07) is 54.8. The third-order valence-electron chi connectivity index (χ3n) is 8.44. The predicted molar refractivity (Wildman–Crippen MR) is 169 cm³/mol. The van der Waals surface area contributed by atoms with Gasteiger partial charge in [0.15, 0.2) is 0 Å². The Morgan fingerprint density at radius 1 is 0.512 bits per heavy atom. The fraction of sp³-hybridized carbons (Fsp3) is 0.0244. The molecule has 0 saturated carbocycles. The molecule has 0 spiro atoms. The van der Waals surface area contributed by atoms with E-state index < -0.39 is 0 Å². The van der Waals surface area contributed by atoms with Crippen LogP contribution in [0.3, 0.4) is 0 Å². The lowest BCUT2D eigenvalue weighted by atomic mass is 9.79. The smallest absolute Gasteiger partial charge is 0.0364 e. The number of allylic oxidation sites excluding steroid dienone is 1. The van der Waals surface area contributed by atoms with Crippen molar-refractivity contribution in [3.05, 3.63) is 211 Å². The minimum atomic E-state index is 0.0720. The summed E-state index contributed by atoms with van der Waals surface area (Å²) in [6.45, 7) is 0. The summed E-state index contributed by atoms with van der Waals surface area (Å²) < 4.78 is 0. The van der Waals surface area contributed by atoms with Crippen molar-refractivity contribution < 1.29 is 0 Å². The molecule has 0 amide bonds. The van der Waals surface area contributed by atoms with Crippen molar-refractivity contribution in [1.82, 2.24) is 0 Å². The van der Waals surface area contributed by atoms with Crippen LogP contribution in [-0.4, -0.2) is 0 Å². The molecule has 6 aromatic carbocycles. The van der Waals surface area contributed by atoms with Gasteiger partial charge in [0.25, 0.3) is 0 Å². The Morgan fingerprint density at radius 3 is 1.85 bits per heavy atom. The lowest BCUT2D eigenvalue weighted by Gasteiger charge is -2.23. The molecule has 0 aliphatic heterocycles. The Labute approximate surface area is 240 Å². The molecule has 2 aliphatic rings. The van der Waals surface area contributed by atoms with Crippen LogP contribution in [0.1, 0.15) is 44.9 Å². The Bertz CT molecular complexity index is 2130. The van der Waals surface area contributed by atoms with Crippen molar-refractivity contribution in [3.63, 3.8) is 0 Å². The van der Waals surface area contributed by atoms with Gasteiger partial charge in [-0.05, 0) is 83.1 Å². The van der Waals surface area contributed by atoms with Crippen LogP contribution in [0.15, 0.2) is 152 Å². The molecule has 1 atom stereocenters. The van der Waals surface area contributed by atoms with Crippen LogP contribution < -0.4 is 10.4 Å². The molecule has 191 valence electrons. The van der Waals surface area contributed by atoms with E-state index in [-0.39, 0.29) is 5.92 Å². The zero-order valence-corrected chi connectivity index (χ0v) is 22.6. The highest BCUT2D eigenvalue weighted by molar-refractivity contribution is 5.95. The first-order valence-corrected chi connectivity index (χ1v) is 14.2. The van der Waals surface area contributed by atoms with Crippen LogP contribution in [0, 0.1) is 10.4 Å². The van der Waals surface area contributed by atoms with Crippen molar-refractivity contribution >= 4 is 23.3 Å². The third-order valence-corrected chi connectivity index (χ3v) is 8.44. The second-order valence-corrected chi connectivity index (χ2v) is 10.8. The largest absolute Gasteiger partial charge is 0.0622 e. The van der Waals surface area contributed by atoms with Crippen LogP contribution in [0.25, 0.3) is 23.3 Å². The molecule has 0 bridgehead atoms. The van der Waals surface area contributed by atoms with Gasteiger partial charge in [0.2, 0.25) is 0 Å². The van der Waals surface area contributed by atoms with E-state index in [1.54, 1.807) is 0 Å². The Hall–Kier alpha value is -5.20. The maximum atomic E-state index is 3.88. The molecule has 2 aliphatic carbocycles. The lowest BCUT2D eigenvalue weighted by Crippen LogP contribution is -2.21. The van der Waals surface area contributed by atoms with Gasteiger partial charge in [-0.2, -0.15) is 0 Å². The van der Waals surface area contributed by atoms with E-state index in [2.05, 4.69) is 164 Å². The van der Waals surface area contributed by atoms with Crippen LogP contribution in [0.2, 0.25) is 0 Å². The Balaban J connectivity index is 1.57. The highest BCUT2D eigenvalue weighted by Gasteiger charge is 2.31. The van der Waals surface area contributed by atoms with E-state index in [0.717, 1.165) is 0 Å². The first-order chi connectivity index (χ1) is 20.4. The van der Waals surface area contributed by atoms with E-state index in [1.165, 1.54) is 71.0 Å². The van der Waals surface area contributed by atoms with Gasteiger partial charge in [0.1, 0.15) is 0 Å². The SMILES string of the molecule is [C]1=c2ccccc2=c2ccc(=C(c3ccccc3)c3ccccc3)c(C3C(c4ccccc4)=Cc4ccccc43)c21. The van der Waals surface area contributed by atoms with Crippen molar-refractivity contribution in [3.8, 4) is 0 Å². The van der Waals surface area contributed by atoms with Gasteiger partial charge in [0.05, 0.1) is 0 Å². The average molecular weight is 520 g/mol. The number of hydrogen-bond acceptors (Lipinski definition) is 0. The molecular formula is C41H27. The molecule has 0 heteroatoms. The highest BCUT2D eigenvalue weighted by atomic mass is 14.3. The van der Waals surface area contributed by atoms with Gasteiger partial charge in [-0.15, -0.1) is 0 Å². The fourth-order valence-corrected chi connectivity index (χ4v) is 6.66. The van der Waals surface area contributed by atoms with E-state index in [1.807, 2.05) is 0 Å². The number of fused-ring (bicyclic) bond motifs is 3. The standard InChI is InChI=1S/C41H27/c1-4-14-28(15-5-1)37-26-32-21-11-13-23-34(32)40(37)41-36(25-24-35-33-22-12-10-20-31(33)27-38(35)41)39(29-16-6-2-7-17-29)30-18-8-3-9-19-30/h1-26,40H. The summed E-state index contributed by atoms with van der Waals surface area (Å²) >= 11 is 0. The van der Waals surface area contributed by atoms with Crippen molar-refractivity contribution in [2.45, 2.75) is 5.92 Å². The molecule has 1 unspecified atom stereocenters. The normalized spacial score (nSPS) is 14.4. The van der Waals surface area contributed by atoms with Gasteiger partial charge in [-0.1, -0.05) is 152 Å². The molecule has 0 heterocycles. The minimum absolute atomic E-state index is 0.0720. The van der Waals surface area contributed by atoms with Crippen LogP contribution in [0.5, 0.6) is 0 Å². The van der Waals surface area contributed by atoms with Crippen molar-refractivity contribution in [2.75, 3.05) is 0 Å². The molecule has 8 rings (SSSR count). The zero-order chi connectivity index (χ0) is 27.2. The molecule has 41 heavy (non-hydrogen) atoms. The van der Waals surface area contributed by atoms with E-state index in [9.17, 15) is 0 Å². The monoisotopic (exact) mass is 519 g/mol. The molecule has 0 aromatic heterocycles. The molecule has 0 nitrogen and oxygen atoms in total.